The van der Waals surface area contributed by atoms with Gasteiger partial charge in [0.1, 0.15) is 5.69 Å². The van der Waals surface area contributed by atoms with Gasteiger partial charge < -0.3 is 9.80 Å². The molecule has 0 spiro atoms. The zero-order chi connectivity index (χ0) is 17.4. The van der Waals surface area contributed by atoms with Crippen molar-refractivity contribution >= 4 is 11.6 Å². The van der Waals surface area contributed by atoms with Gasteiger partial charge in [-0.3, -0.25) is 4.79 Å². The van der Waals surface area contributed by atoms with Gasteiger partial charge in [0, 0.05) is 14.1 Å². The van der Waals surface area contributed by atoms with Gasteiger partial charge in [0.05, 0.1) is 24.0 Å². The van der Waals surface area contributed by atoms with Crippen LogP contribution in [-0.4, -0.2) is 39.9 Å². The number of benzene rings is 2. The Labute approximate surface area is 146 Å². The zero-order valence-corrected chi connectivity index (χ0v) is 14.2. The Kier molecular flexibility index (Phi) is 3.72. The van der Waals surface area contributed by atoms with Crippen molar-refractivity contribution in [3.05, 3.63) is 77.6 Å². The molecule has 6 heteroatoms. The Hall–Kier alpha value is -3.15. The lowest BCUT2D eigenvalue weighted by Crippen LogP contribution is -2.45. The van der Waals surface area contributed by atoms with E-state index in [0.717, 1.165) is 16.9 Å². The van der Waals surface area contributed by atoms with Crippen molar-refractivity contribution in [1.82, 2.24) is 19.9 Å². The normalized spacial score (nSPS) is 16.9. The molecule has 0 bridgehead atoms. The molecule has 1 aliphatic rings. The highest BCUT2D eigenvalue weighted by Gasteiger charge is 2.35. The van der Waals surface area contributed by atoms with Gasteiger partial charge in [0.15, 0.2) is 6.17 Å². The molecule has 25 heavy (non-hydrogen) atoms. The van der Waals surface area contributed by atoms with Crippen LogP contribution in [0.1, 0.15) is 27.8 Å². The number of carbonyl (C=O) groups excluding carboxylic acids is 1. The van der Waals surface area contributed by atoms with Crippen LogP contribution in [0.15, 0.2) is 60.8 Å². The topological polar surface area (TPSA) is 54.3 Å². The lowest BCUT2D eigenvalue weighted by atomic mass is 10.1. The van der Waals surface area contributed by atoms with E-state index in [-0.39, 0.29) is 12.1 Å². The molecule has 3 aromatic rings. The highest BCUT2D eigenvalue weighted by atomic mass is 16.2. The number of rotatable bonds is 3. The first-order valence-corrected chi connectivity index (χ1v) is 8.18. The maximum Gasteiger partial charge on any atom is 0.257 e. The third kappa shape index (κ3) is 2.65. The van der Waals surface area contributed by atoms with E-state index >= 15 is 0 Å². The summed E-state index contributed by atoms with van der Waals surface area (Å²) in [6.45, 7) is 0.651. The standard InChI is InChI=1S/C19H19N5O/c1-22-17-11-7-6-10-15(17)19(25)23(2)18(22)16-13-24(21-20-16)12-14-8-4-3-5-9-14/h3-11,13,18H,12H2,1-2H3. The smallest absolute Gasteiger partial charge is 0.257 e. The van der Waals surface area contributed by atoms with Gasteiger partial charge in [0.25, 0.3) is 5.91 Å². The van der Waals surface area contributed by atoms with Gasteiger partial charge in [0.2, 0.25) is 0 Å². The summed E-state index contributed by atoms with van der Waals surface area (Å²) in [7, 11) is 3.78. The van der Waals surface area contributed by atoms with E-state index in [9.17, 15) is 4.79 Å². The molecule has 1 aliphatic heterocycles. The Morgan fingerprint density at radius 2 is 1.68 bits per heavy atom. The quantitative estimate of drug-likeness (QED) is 0.739. The van der Waals surface area contributed by atoms with Gasteiger partial charge in [-0.05, 0) is 17.7 Å². The maximum atomic E-state index is 12.7. The highest BCUT2D eigenvalue weighted by molar-refractivity contribution is 6.01. The van der Waals surface area contributed by atoms with Gasteiger partial charge in [-0.25, -0.2) is 4.68 Å². The zero-order valence-electron chi connectivity index (χ0n) is 14.2. The number of carbonyl (C=O) groups is 1. The minimum absolute atomic E-state index is 0.00342. The molecular formula is C19H19N5O. The van der Waals surface area contributed by atoms with Crippen LogP contribution in [0.4, 0.5) is 5.69 Å². The van der Waals surface area contributed by atoms with Crippen LogP contribution in [0, 0.1) is 0 Å². The second-order valence-corrected chi connectivity index (χ2v) is 6.24. The molecule has 0 aliphatic carbocycles. The van der Waals surface area contributed by atoms with E-state index in [0.29, 0.717) is 12.1 Å². The first-order valence-electron chi connectivity index (χ1n) is 8.18. The fourth-order valence-corrected chi connectivity index (χ4v) is 3.33. The van der Waals surface area contributed by atoms with Crippen LogP contribution in [0.2, 0.25) is 0 Å². The molecule has 126 valence electrons. The van der Waals surface area contributed by atoms with Crippen molar-refractivity contribution in [1.29, 1.82) is 0 Å². The van der Waals surface area contributed by atoms with Gasteiger partial charge in [-0.15, -0.1) is 5.10 Å². The molecule has 1 atom stereocenters. The fraction of sp³-hybridized carbons (Fsp3) is 0.211. The molecule has 4 rings (SSSR count). The van der Waals surface area contributed by atoms with E-state index in [1.165, 1.54) is 0 Å². The van der Waals surface area contributed by atoms with Crippen LogP contribution in [0.5, 0.6) is 0 Å². The minimum atomic E-state index is -0.271. The van der Waals surface area contributed by atoms with Crippen molar-refractivity contribution in [2.24, 2.45) is 0 Å². The molecule has 0 saturated carbocycles. The molecule has 0 radical (unpaired) electrons. The number of aromatic nitrogens is 3. The molecule has 2 heterocycles. The Morgan fingerprint density at radius 1 is 0.960 bits per heavy atom. The SMILES string of the molecule is CN1C(=O)c2ccccc2N(C)C1c1cn(Cc2ccccc2)nn1. The molecular weight excluding hydrogens is 314 g/mol. The molecule has 0 fully saturated rings. The van der Waals surface area contributed by atoms with Gasteiger partial charge in [-0.2, -0.15) is 0 Å². The maximum absolute atomic E-state index is 12.7. The number of hydrogen-bond donors (Lipinski definition) is 0. The number of anilines is 1. The van der Waals surface area contributed by atoms with Crippen LogP contribution in [0.25, 0.3) is 0 Å². The average Bonchev–Trinajstić information content (AvgIpc) is 3.09. The third-order valence-corrected chi connectivity index (χ3v) is 4.58. The Balaban J connectivity index is 1.65. The molecule has 1 amide bonds. The first kappa shape index (κ1) is 15.4. The van der Waals surface area contributed by atoms with Crippen LogP contribution < -0.4 is 4.90 Å². The number of hydrogen-bond acceptors (Lipinski definition) is 4. The minimum Gasteiger partial charge on any atom is -0.348 e. The fourth-order valence-electron chi connectivity index (χ4n) is 3.33. The lowest BCUT2D eigenvalue weighted by Gasteiger charge is -2.40. The number of fused-ring (bicyclic) bond motifs is 1. The third-order valence-electron chi connectivity index (χ3n) is 4.58. The summed E-state index contributed by atoms with van der Waals surface area (Å²) in [5, 5.41) is 8.56. The van der Waals surface area contributed by atoms with Gasteiger partial charge in [-0.1, -0.05) is 47.7 Å². The summed E-state index contributed by atoms with van der Waals surface area (Å²) in [5.74, 6) is -0.00342. The van der Waals surface area contributed by atoms with Crippen molar-refractivity contribution in [2.45, 2.75) is 12.7 Å². The summed E-state index contributed by atoms with van der Waals surface area (Å²) < 4.78 is 1.80. The predicted molar refractivity (Wildman–Crippen MR) is 95.2 cm³/mol. The number of amides is 1. The molecule has 0 saturated heterocycles. The molecule has 0 N–H and O–H groups in total. The van der Waals surface area contributed by atoms with Crippen LogP contribution in [0.3, 0.4) is 0 Å². The molecule has 1 unspecified atom stereocenters. The van der Waals surface area contributed by atoms with Crippen molar-refractivity contribution in [3.8, 4) is 0 Å². The van der Waals surface area contributed by atoms with E-state index in [1.54, 1.807) is 16.6 Å². The molecule has 6 nitrogen and oxygen atoms in total. The highest BCUT2D eigenvalue weighted by Crippen LogP contribution is 2.35. The number of para-hydroxylation sites is 1. The summed E-state index contributed by atoms with van der Waals surface area (Å²) in [6.07, 6.45) is 1.64. The molecule has 2 aromatic carbocycles. The van der Waals surface area contributed by atoms with Crippen LogP contribution in [-0.2, 0) is 6.54 Å². The summed E-state index contributed by atoms with van der Waals surface area (Å²) in [4.78, 5) is 16.5. The monoisotopic (exact) mass is 333 g/mol. The van der Waals surface area contributed by atoms with Crippen molar-refractivity contribution < 1.29 is 4.79 Å². The van der Waals surface area contributed by atoms with E-state index in [2.05, 4.69) is 27.3 Å². The summed E-state index contributed by atoms with van der Waals surface area (Å²) in [6, 6.07) is 17.8. The number of nitrogens with zero attached hydrogens (tertiary/aromatic N) is 5. The van der Waals surface area contributed by atoms with Crippen LogP contribution >= 0.6 is 0 Å². The van der Waals surface area contributed by atoms with Crippen molar-refractivity contribution in [2.75, 3.05) is 19.0 Å². The molecule has 1 aromatic heterocycles. The second-order valence-electron chi connectivity index (χ2n) is 6.24. The Morgan fingerprint density at radius 3 is 2.48 bits per heavy atom. The summed E-state index contributed by atoms with van der Waals surface area (Å²) >= 11 is 0. The van der Waals surface area contributed by atoms with E-state index in [4.69, 9.17) is 0 Å². The second kappa shape index (κ2) is 6.05. The average molecular weight is 333 g/mol. The van der Waals surface area contributed by atoms with E-state index < -0.39 is 0 Å². The van der Waals surface area contributed by atoms with Crippen molar-refractivity contribution in [3.63, 3.8) is 0 Å². The lowest BCUT2D eigenvalue weighted by molar-refractivity contribution is 0.0707. The van der Waals surface area contributed by atoms with E-state index in [1.807, 2.05) is 55.7 Å². The summed E-state index contributed by atoms with van der Waals surface area (Å²) in [5.41, 5.74) is 3.53. The first-order chi connectivity index (χ1) is 12.1. The largest absolute Gasteiger partial charge is 0.348 e. The Bertz CT molecular complexity index is 905. The predicted octanol–water partition coefficient (Wildman–Crippen LogP) is 2.55. The van der Waals surface area contributed by atoms with Gasteiger partial charge >= 0.3 is 0 Å².